The molecule has 0 bridgehead atoms. The third kappa shape index (κ3) is 4.59. The zero-order valence-corrected chi connectivity index (χ0v) is 17.7. The summed E-state index contributed by atoms with van der Waals surface area (Å²) >= 11 is 6.08. The molecule has 0 saturated carbocycles. The summed E-state index contributed by atoms with van der Waals surface area (Å²) in [5.74, 6) is -0.980. The van der Waals surface area contributed by atoms with Crippen molar-refractivity contribution >= 4 is 35.1 Å². The Morgan fingerprint density at radius 3 is 2.77 bits per heavy atom. The van der Waals surface area contributed by atoms with Crippen LogP contribution in [0.15, 0.2) is 34.9 Å². The van der Waals surface area contributed by atoms with Gasteiger partial charge in [0.05, 0.1) is 19.1 Å². The molecule has 2 heterocycles. The van der Waals surface area contributed by atoms with Crippen LogP contribution in [0, 0.1) is 6.92 Å². The largest absolute Gasteiger partial charge is 0.495 e. The van der Waals surface area contributed by atoms with Gasteiger partial charge in [0.2, 0.25) is 0 Å². The zero-order chi connectivity index (χ0) is 21.8. The van der Waals surface area contributed by atoms with E-state index < -0.39 is 24.0 Å². The average molecular weight is 435 g/mol. The fourth-order valence-corrected chi connectivity index (χ4v) is 3.42. The van der Waals surface area contributed by atoms with Crippen LogP contribution in [0.2, 0.25) is 5.02 Å². The van der Waals surface area contributed by atoms with Gasteiger partial charge in [-0.05, 0) is 50.5 Å². The fraction of sp³-hybridized carbons (Fsp3) is 0.381. The molecule has 1 fully saturated rings. The van der Waals surface area contributed by atoms with Crippen molar-refractivity contribution in [1.82, 2.24) is 4.90 Å². The van der Waals surface area contributed by atoms with Gasteiger partial charge >= 0.3 is 5.97 Å². The second kappa shape index (κ2) is 9.21. The molecule has 1 aliphatic heterocycles. The Morgan fingerprint density at radius 1 is 1.33 bits per heavy atom. The molecule has 1 aliphatic rings. The fourth-order valence-electron chi connectivity index (χ4n) is 3.27. The van der Waals surface area contributed by atoms with Gasteiger partial charge in [0, 0.05) is 17.6 Å². The predicted molar refractivity (Wildman–Crippen MR) is 110 cm³/mol. The van der Waals surface area contributed by atoms with Gasteiger partial charge in [0.1, 0.15) is 11.8 Å². The van der Waals surface area contributed by atoms with E-state index in [9.17, 15) is 14.4 Å². The summed E-state index contributed by atoms with van der Waals surface area (Å²) in [5, 5.41) is 3.19. The predicted octanol–water partition coefficient (Wildman–Crippen LogP) is 3.43. The first-order valence-electron chi connectivity index (χ1n) is 9.51. The Labute approximate surface area is 179 Å². The molecule has 1 aromatic carbocycles. The first kappa shape index (κ1) is 21.7. The summed E-state index contributed by atoms with van der Waals surface area (Å²) in [6.07, 6.45) is 1.45. The van der Waals surface area contributed by atoms with Crippen LogP contribution < -0.4 is 10.1 Å². The van der Waals surface area contributed by atoms with Crippen molar-refractivity contribution in [3.8, 4) is 5.75 Å². The number of amides is 2. The van der Waals surface area contributed by atoms with Gasteiger partial charge in [-0.1, -0.05) is 11.6 Å². The maximum atomic E-state index is 12.7. The molecule has 160 valence electrons. The van der Waals surface area contributed by atoms with Crippen LogP contribution in [0.4, 0.5) is 5.69 Å². The molecule has 2 atom stereocenters. The highest BCUT2D eigenvalue weighted by atomic mass is 35.5. The van der Waals surface area contributed by atoms with E-state index in [4.69, 9.17) is 25.5 Å². The monoisotopic (exact) mass is 434 g/mol. The molecule has 3 rings (SSSR count). The maximum absolute atomic E-state index is 12.7. The third-order valence-corrected chi connectivity index (χ3v) is 5.33. The lowest BCUT2D eigenvalue weighted by atomic mass is 10.2. The number of ether oxygens (including phenoxy) is 2. The Morgan fingerprint density at radius 2 is 2.10 bits per heavy atom. The highest BCUT2D eigenvalue weighted by Crippen LogP contribution is 2.31. The molecule has 0 radical (unpaired) electrons. The second-order valence-electron chi connectivity index (χ2n) is 7.00. The topological polar surface area (TPSA) is 98.1 Å². The number of hydrogen-bond acceptors (Lipinski definition) is 6. The molecule has 0 spiro atoms. The van der Waals surface area contributed by atoms with Crippen molar-refractivity contribution < 1.29 is 28.3 Å². The Bertz CT molecular complexity index is 943. The molecule has 9 heteroatoms. The number of likely N-dealkylation sites (tertiary alicyclic amines) is 1. The number of carbonyl (C=O) groups is 3. The summed E-state index contributed by atoms with van der Waals surface area (Å²) in [7, 11) is 1.46. The lowest BCUT2D eigenvalue weighted by Crippen LogP contribution is -2.43. The summed E-state index contributed by atoms with van der Waals surface area (Å²) in [6, 6.07) is 5.66. The standard InChI is InChI=1S/C21H23ClN2O6/c1-12-10-15(18(28-3)11-14(12)22)23-19(25)13(2)30-21(27)16-6-4-8-24(16)20(26)17-7-5-9-29-17/h5,7,9-11,13,16H,4,6,8H2,1-3H3,(H,23,25)/t13-,16-/m0/s1. The minimum absolute atomic E-state index is 0.158. The lowest BCUT2D eigenvalue weighted by molar-refractivity contribution is -0.156. The smallest absolute Gasteiger partial charge is 0.329 e. The van der Waals surface area contributed by atoms with Crippen LogP contribution in [0.25, 0.3) is 0 Å². The number of rotatable bonds is 6. The van der Waals surface area contributed by atoms with Gasteiger partial charge in [-0.25, -0.2) is 4.79 Å². The molecule has 2 aromatic rings. The van der Waals surface area contributed by atoms with Gasteiger partial charge in [0.15, 0.2) is 11.9 Å². The Hall–Kier alpha value is -3.00. The minimum Gasteiger partial charge on any atom is -0.495 e. The first-order valence-corrected chi connectivity index (χ1v) is 9.89. The number of halogens is 1. The van der Waals surface area contributed by atoms with Crippen LogP contribution in [0.1, 0.15) is 35.9 Å². The highest BCUT2D eigenvalue weighted by molar-refractivity contribution is 6.31. The van der Waals surface area contributed by atoms with Gasteiger partial charge in [0.25, 0.3) is 11.8 Å². The molecule has 0 unspecified atom stereocenters. The zero-order valence-electron chi connectivity index (χ0n) is 16.9. The maximum Gasteiger partial charge on any atom is 0.329 e. The summed E-state index contributed by atoms with van der Waals surface area (Å²) < 4.78 is 15.7. The number of furan rings is 1. The molecular weight excluding hydrogens is 412 g/mol. The van der Waals surface area contributed by atoms with E-state index in [1.165, 1.54) is 25.2 Å². The SMILES string of the molecule is COc1cc(Cl)c(C)cc1NC(=O)[C@H](C)OC(=O)[C@@H]1CCCN1C(=O)c1ccco1. The van der Waals surface area contributed by atoms with E-state index in [0.717, 1.165) is 5.56 Å². The van der Waals surface area contributed by atoms with Crippen LogP contribution in [-0.2, 0) is 14.3 Å². The molecular formula is C21H23ClN2O6. The summed E-state index contributed by atoms with van der Waals surface area (Å²) in [6.45, 7) is 3.68. The highest BCUT2D eigenvalue weighted by Gasteiger charge is 2.37. The van der Waals surface area contributed by atoms with Crippen molar-refractivity contribution in [2.75, 3.05) is 19.0 Å². The van der Waals surface area contributed by atoms with Crippen molar-refractivity contribution in [3.05, 3.63) is 46.9 Å². The van der Waals surface area contributed by atoms with Crippen LogP contribution in [0.3, 0.4) is 0 Å². The molecule has 8 nitrogen and oxygen atoms in total. The van der Waals surface area contributed by atoms with E-state index in [1.54, 1.807) is 31.2 Å². The number of hydrogen-bond donors (Lipinski definition) is 1. The van der Waals surface area contributed by atoms with Gasteiger partial charge in [-0.15, -0.1) is 0 Å². The van der Waals surface area contributed by atoms with Crippen LogP contribution in [0.5, 0.6) is 5.75 Å². The number of benzene rings is 1. The minimum atomic E-state index is -1.07. The van der Waals surface area contributed by atoms with Gasteiger partial charge < -0.3 is 24.1 Å². The number of aryl methyl sites for hydroxylation is 1. The Balaban J connectivity index is 1.64. The van der Waals surface area contributed by atoms with E-state index in [0.29, 0.717) is 35.8 Å². The normalized spacial score (nSPS) is 16.8. The third-order valence-electron chi connectivity index (χ3n) is 4.92. The summed E-state index contributed by atoms with van der Waals surface area (Å²) in [5.41, 5.74) is 1.18. The molecule has 1 N–H and O–H groups in total. The molecule has 30 heavy (non-hydrogen) atoms. The number of carbonyl (C=O) groups excluding carboxylic acids is 3. The van der Waals surface area contributed by atoms with Crippen LogP contribution in [-0.4, -0.2) is 48.5 Å². The Kier molecular flexibility index (Phi) is 6.66. The van der Waals surface area contributed by atoms with E-state index in [-0.39, 0.29) is 11.7 Å². The van der Waals surface area contributed by atoms with Gasteiger partial charge in [-0.3, -0.25) is 9.59 Å². The van der Waals surface area contributed by atoms with Crippen molar-refractivity contribution in [3.63, 3.8) is 0 Å². The van der Waals surface area contributed by atoms with E-state index in [2.05, 4.69) is 5.32 Å². The number of nitrogens with zero attached hydrogens (tertiary/aromatic N) is 1. The van der Waals surface area contributed by atoms with Crippen molar-refractivity contribution in [2.24, 2.45) is 0 Å². The number of methoxy groups -OCH3 is 1. The number of nitrogens with one attached hydrogen (secondary N) is 1. The number of anilines is 1. The quantitative estimate of drug-likeness (QED) is 0.699. The first-order chi connectivity index (χ1) is 14.3. The summed E-state index contributed by atoms with van der Waals surface area (Å²) in [4.78, 5) is 39.2. The molecule has 1 saturated heterocycles. The van der Waals surface area contributed by atoms with Crippen LogP contribution >= 0.6 is 11.6 Å². The van der Waals surface area contributed by atoms with Crippen molar-refractivity contribution in [2.45, 2.75) is 38.8 Å². The van der Waals surface area contributed by atoms with E-state index >= 15 is 0 Å². The average Bonchev–Trinajstić information content (AvgIpc) is 3.42. The molecule has 2 amide bonds. The lowest BCUT2D eigenvalue weighted by Gasteiger charge is -2.24. The molecule has 0 aliphatic carbocycles. The number of esters is 1. The van der Waals surface area contributed by atoms with E-state index in [1.807, 2.05) is 0 Å². The van der Waals surface area contributed by atoms with Gasteiger partial charge in [-0.2, -0.15) is 0 Å². The van der Waals surface area contributed by atoms with Crippen molar-refractivity contribution in [1.29, 1.82) is 0 Å². The second-order valence-corrected chi connectivity index (χ2v) is 7.41. The molecule has 1 aromatic heterocycles.